The Hall–Kier alpha value is -2.12. The molecule has 5 nitrogen and oxygen atoms in total. The zero-order chi connectivity index (χ0) is 18.8. The number of benzene rings is 2. The van der Waals surface area contributed by atoms with Gasteiger partial charge in [-0.05, 0) is 60.8 Å². The molecule has 4 rings (SSSR count). The summed E-state index contributed by atoms with van der Waals surface area (Å²) in [7, 11) is 0. The average molecular weight is 439 g/mol. The van der Waals surface area contributed by atoms with Crippen molar-refractivity contribution in [2.24, 2.45) is 11.7 Å². The predicted octanol–water partition coefficient (Wildman–Crippen LogP) is 3.48. The maximum absolute atomic E-state index is 13.1. The van der Waals surface area contributed by atoms with E-state index in [1.165, 1.54) is 12.1 Å². The number of hydrogen-bond donors (Lipinski definition) is 4. The summed E-state index contributed by atoms with van der Waals surface area (Å²) in [4.78, 5) is 15.7. The van der Waals surface area contributed by atoms with Gasteiger partial charge in [0.2, 0.25) is 0 Å². The van der Waals surface area contributed by atoms with Crippen molar-refractivity contribution >= 4 is 41.6 Å². The first-order chi connectivity index (χ1) is 13.1. The minimum atomic E-state index is -0.256. The molecule has 156 valence electrons. The van der Waals surface area contributed by atoms with Gasteiger partial charge in [0.1, 0.15) is 11.5 Å². The lowest BCUT2D eigenvalue weighted by molar-refractivity contribution is 0.0946. The first-order valence-electron chi connectivity index (χ1n) is 9.23. The molecule has 8 heteroatoms. The van der Waals surface area contributed by atoms with Crippen molar-refractivity contribution < 1.29 is 9.18 Å². The van der Waals surface area contributed by atoms with Crippen LogP contribution in [0.1, 0.15) is 16.9 Å². The van der Waals surface area contributed by atoms with Gasteiger partial charge in [-0.1, -0.05) is 24.3 Å². The minimum absolute atomic E-state index is 0. The van der Waals surface area contributed by atoms with Crippen molar-refractivity contribution in [2.45, 2.75) is 12.5 Å². The molecule has 0 aliphatic carbocycles. The molecule has 3 aromatic rings. The quantitative estimate of drug-likeness (QED) is 0.491. The molecule has 1 aliphatic heterocycles. The van der Waals surface area contributed by atoms with Crippen LogP contribution in [-0.4, -0.2) is 36.6 Å². The van der Waals surface area contributed by atoms with Gasteiger partial charge in [-0.25, -0.2) is 4.39 Å². The molecule has 0 radical (unpaired) electrons. The minimum Gasteiger partial charge on any atom is -0.351 e. The standard InChI is InChI=1S/C21H23FN4O.2ClH/c22-17-5-3-14(4-6-17)15-1-2-16-9-20(26-19(16)8-15)21(27)25-12-18-7-13(10-23)11-24-18;;/h1-6,8-9,13,18,24,26H,7,10-12,23H2,(H,25,27);2*1H/t13-,18+;;/m1../s1. The van der Waals surface area contributed by atoms with Crippen LogP contribution in [0.25, 0.3) is 22.0 Å². The topological polar surface area (TPSA) is 82.9 Å². The summed E-state index contributed by atoms with van der Waals surface area (Å²) in [5, 5.41) is 7.34. The number of nitrogens with one attached hydrogen (secondary N) is 3. The highest BCUT2D eigenvalue weighted by atomic mass is 35.5. The summed E-state index contributed by atoms with van der Waals surface area (Å²) in [5.74, 6) is 0.116. The van der Waals surface area contributed by atoms with Gasteiger partial charge >= 0.3 is 0 Å². The normalized spacial score (nSPS) is 18.1. The molecule has 2 aromatic carbocycles. The van der Waals surface area contributed by atoms with Crippen molar-refractivity contribution in [3.05, 3.63) is 60.0 Å². The van der Waals surface area contributed by atoms with Crippen LogP contribution in [0.15, 0.2) is 48.5 Å². The molecule has 1 saturated heterocycles. The van der Waals surface area contributed by atoms with Crippen LogP contribution in [-0.2, 0) is 0 Å². The highest BCUT2D eigenvalue weighted by molar-refractivity contribution is 5.98. The van der Waals surface area contributed by atoms with Crippen LogP contribution in [0.3, 0.4) is 0 Å². The number of aromatic amines is 1. The van der Waals surface area contributed by atoms with Crippen molar-refractivity contribution in [1.29, 1.82) is 0 Å². The number of halogens is 3. The van der Waals surface area contributed by atoms with Gasteiger partial charge in [-0.2, -0.15) is 0 Å². The highest BCUT2D eigenvalue weighted by Crippen LogP contribution is 2.25. The van der Waals surface area contributed by atoms with Gasteiger partial charge in [0.05, 0.1) is 0 Å². The lowest BCUT2D eigenvalue weighted by atomic mass is 10.0. The second-order valence-corrected chi connectivity index (χ2v) is 7.14. The molecule has 0 bridgehead atoms. The van der Waals surface area contributed by atoms with Crippen molar-refractivity contribution in [3.8, 4) is 11.1 Å². The molecule has 1 aromatic heterocycles. The Kier molecular flexibility index (Phi) is 8.05. The number of hydrogen-bond acceptors (Lipinski definition) is 3. The number of amides is 1. The van der Waals surface area contributed by atoms with Crippen LogP contribution in [0, 0.1) is 11.7 Å². The number of aromatic nitrogens is 1. The van der Waals surface area contributed by atoms with E-state index in [2.05, 4.69) is 15.6 Å². The lowest BCUT2D eigenvalue weighted by Gasteiger charge is -2.11. The molecule has 1 amide bonds. The van der Waals surface area contributed by atoms with E-state index in [9.17, 15) is 9.18 Å². The molecular formula is C21H25Cl2FN4O. The van der Waals surface area contributed by atoms with Gasteiger partial charge in [-0.3, -0.25) is 4.79 Å². The summed E-state index contributed by atoms with van der Waals surface area (Å²) < 4.78 is 13.1. The molecule has 1 fully saturated rings. The van der Waals surface area contributed by atoms with Crippen molar-refractivity contribution in [3.63, 3.8) is 0 Å². The Bertz CT molecular complexity index is 961. The van der Waals surface area contributed by atoms with Crippen LogP contribution in [0.2, 0.25) is 0 Å². The summed E-state index contributed by atoms with van der Waals surface area (Å²) >= 11 is 0. The van der Waals surface area contributed by atoms with Crippen LogP contribution in [0.4, 0.5) is 4.39 Å². The smallest absolute Gasteiger partial charge is 0.267 e. The van der Waals surface area contributed by atoms with E-state index in [0.29, 0.717) is 24.7 Å². The van der Waals surface area contributed by atoms with Gasteiger partial charge < -0.3 is 21.4 Å². The average Bonchev–Trinajstić information content (AvgIpc) is 3.32. The van der Waals surface area contributed by atoms with Gasteiger partial charge in [-0.15, -0.1) is 24.8 Å². The SMILES string of the molecule is Cl.Cl.NC[C@@H]1CN[C@H](CNC(=O)c2cc3ccc(-c4ccc(F)cc4)cc3[nH]2)C1. The van der Waals surface area contributed by atoms with E-state index in [0.717, 1.165) is 35.0 Å². The van der Waals surface area contributed by atoms with E-state index >= 15 is 0 Å². The monoisotopic (exact) mass is 438 g/mol. The van der Waals surface area contributed by atoms with E-state index in [1.807, 2.05) is 24.3 Å². The predicted molar refractivity (Wildman–Crippen MR) is 119 cm³/mol. The largest absolute Gasteiger partial charge is 0.351 e. The Morgan fingerprint density at radius 3 is 2.52 bits per heavy atom. The van der Waals surface area contributed by atoms with Crippen LogP contribution >= 0.6 is 24.8 Å². The van der Waals surface area contributed by atoms with Crippen LogP contribution < -0.4 is 16.4 Å². The van der Waals surface area contributed by atoms with Crippen molar-refractivity contribution in [1.82, 2.24) is 15.6 Å². The molecule has 0 saturated carbocycles. The number of carbonyl (C=O) groups is 1. The summed E-state index contributed by atoms with van der Waals surface area (Å²) in [6, 6.07) is 14.4. The molecular weight excluding hydrogens is 414 g/mol. The van der Waals surface area contributed by atoms with Crippen molar-refractivity contribution in [2.75, 3.05) is 19.6 Å². The first kappa shape index (κ1) is 23.2. The molecule has 5 N–H and O–H groups in total. The number of H-pyrrole nitrogens is 1. The van der Waals surface area contributed by atoms with E-state index in [1.54, 1.807) is 12.1 Å². The summed E-state index contributed by atoms with van der Waals surface area (Å²) in [6.07, 6.45) is 0.991. The Morgan fingerprint density at radius 1 is 1.10 bits per heavy atom. The molecule has 2 atom stereocenters. The second-order valence-electron chi connectivity index (χ2n) is 7.14. The first-order valence-corrected chi connectivity index (χ1v) is 9.23. The van der Waals surface area contributed by atoms with E-state index in [4.69, 9.17) is 5.73 Å². The number of carbonyl (C=O) groups excluding carboxylic acids is 1. The Balaban J connectivity index is 0.00000150. The number of rotatable bonds is 5. The van der Waals surface area contributed by atoms with E-state index in [-0.39, 0.29) is 42.6 Å². The van der Waals surface area contributed by atoms with Gasteiger partial charge in [0, 0.05) is 23.5 Å². The highest BCUT2D eigenvalue weighted by Gasteiger charge is 2.23. The molecule has 2 heterocycles. The maximum Gasteiger partial charge on any atom is 0.267 e. The Labute approximate surface area is 181 Å². The summed E-state index contributed by atoms with van der Waals surface area (Å²) in [6.45, 7) is 2.18. The number of nitrogens with two attached hydrogens (primary N) is 1. The van der Waals surface area contributed by atoms with Crippen LogP contribution in [0.5, 0.6) is 0 Å². The molecule has 29 heavy (non-hydrogen) atoms. The maximum atomic E-state index is 13.1. The molecule has 0 spiro atoms. The second kappa shape index (κ2) is 10.1. The zero-order valence-corrected chi connectivity index (χ0v) is 17.4. The van der Waals surface area contributed by atoms with Gasteiger partial charge in [0.25, 0.3) is 5.91 Å². The third-order valence-corrected chi connectivity index (χ3v) is 5.20. The fourth-order valence-corrected chi connectivity index (χ4v) is 3.62. The molecule has 0 unspecified atom stereocenters. The Morgan fingerprint density at radius 2 is 1.83 bits per heavy atom. The summed E-state index contributed by atoms with van der Waals surface area (Å²) in [5.41, 5.74) is 9.02. The fraction of sp³-hybridized carbons (Fsp3) is 0.286. The fourth-order valence-electron chi connectivity index (χ4n) is 3.62. The third-order valence-electron chi connectivity index (χ3n) is 5.20. The molecule has 1 aliphatic rings. The lowest BCUT2D eigenvalue weighted by Crippen LogP contribution is -2.37. The third kappa shape index (κ3) is 5.28. The van der Waals surface area contributed by atoms with Gasteiger partial charge in [0.15, 0.2) is 0 Å². The van der Waals surface area contributed by atoms with E-state index < -0.39 is 0 Å². The number of fused-ring (bicyclic) bond motifs is 1. The zero-order valence-electron chi connectivity index (χ0n) is 15.8.